The van der Waals surface area contributed by atoms with Gasteiger partial charge in [-0.05, 0) is 48.6 Å². The first kappa shape index (κ1) is 21.0. The lowest BCUT2D eigenvalue weighted by Gasteiger charge is -2.28. The van der Waals surface area contributed by atoms with Crippen LogP contribution in [0.4, 0.5) is 0 Å². The van der Waals surface area contributed by atoms with Gasteiger partial charge in [-0.1, -0.05) is 89.5 Å². The van der Waals surface area contributed by atoms with Crippen LogP contribution in [0.15, 0.2) is 36.7 Å². The van der Waals surface area contributed by atoms with Crippen molar-refractivity contribution < 1.29 is 0 Å². The summed E-state index contributed by atoms with van der Waals surface area (Å²) in [5.41, 5.74) is 3.84. The molecule has 0 bridgehead atoms. The topological polar surface area (TPSA) is 25.8 Å². The lowest BCUT2D eigenvalue weighted by molar-refractivity contribution is 0.252. The maximum absolute atomic E-state index is 4.59. The van der Waals surface area contributed by atoms with E-state index in [-0.39, 0.29) is 0 Å². The Morgan fingerprint density at radius 1 is 0.714 bits per heavy atom. The zero-order valence-electron chi connectivity index (χ0n) is 18.0. The Labute approximate surface area is 172 Å². The highest BCUT2D eigenvalue weighted by atomic mass is 14.9. The number of aryl methyl sites for hydroxylation is 2. The molecule has 2 heteroatoms. The predicted molar refractivity (Wildman–Crippen MR) is 119 cm³/mol. The van der Waals surface area contributed by atoms with Crippen molar-refractivity contribution in [2.24, 2.45) is 11.8 Å². The number of unbranched alkanes of at least 4 members (excludes halogenated alkanes) is 2. The molecular formula is C26H38N2. The summed E-state index contributed by atoms with van der Waals surface area (Å²) in [7, 11) is 0. The van der Waals surface area contributed by atoms with Gasteiger partial charge in [-0.15, -0.1) is 0 Å². The van der Waals surface area contributed by atoms with Crippen LogP contribution in [0.3, 0.4) is 0 Å². The highest BCUT2D eigenvalue weighted by Crippen LogP contribution is 2.33. The van der Waals surface area contributed by atoms with Crippen LogP contribution in [0, 0.1) is 11.8 Å². The van der Waals surface area contributed by atoms with Crippen molar-refractivity contribution in [1.82, 2.24) is 9.97 Å². The SMILES string of the molecule is CCCCCc1cnc(-c2ccc(CC[C@H]3CC[C@H](CCC)CC3)cc2)nc1. The molecule has 2 nitrogen and oxygen atoms in total. The highest BCUT2D eigenvalue weighted by molar-refractivity contribution is 5.55. The molecule has 0 saturated heterocycles. The number of hydrogen-bond acceptors (Lipinski definition) is 2. The van der Waals surface area contributed by atoms with Crippen molar-refractivity contribution in [2.45, 2.75) is 90.9 Å². The van der Waals surface area contributed by atoms with Crippen molar-refractivity contribution in [1.29, 1.82) is 0 Å². The molecule has 1 aromatic carbocycles. The van der Waals surface area contributed by atoms with Gasteiger partial charge in [0, 0.05) is 18.0 Å². The largest absolute Gasteiger partial charge is 0.236 e. The molecular weight excluding hydrogens is 340 g/mol. The second-order valence-corrected chi connectivity index (χ2v) is 8.78. The van der Waals surface area contributed by atoms with E-state index in [1.807, 2.05) is 12.4 Å². The molecule has 0 radical (unpaired) electrons. The van der Waals surface area contributed by atoms with Gasteiger partial charge in [0.2, 0.25) is 0 Å². The van der Waals surface area contributed by atoms with E-state index in [0.717, 1.165) is 29.6 Å². The minimum atomic E-state index is 0.847. The lowest BCUT2D eigenvalue weighted by atomic mass is 9.78. The van der Waals surface area contributed by atoms with Gasteiger partial charge in [-0.2, -0.15) is 0 Å². The van der Waals surface area contributed by atoms with Crippen LogP contribution in [0.2, 0.25) is 0 Å². The molecule has 28 heavy (non-hydrogen) atoms. The van der Waals surface area contributed by atoms with Crippen LogP contribution < -0.4 is 0 Å². The maximum atomic E-state index is 4.59. The fraction of sp³-hybridized carbons (Fsp3) is 0.615. The van der Waals surface area contributed by atoms with Gasteiger partial charge in [0.15, 0.2) is 5.82 Å². The Hall–Kier alpha value is -1.70. The predicted octanol–water partition coefficient (Wildman–Crippen LogP) is 7.42. The number of hydrogen-bond donors (Lipinski definition) is 0. The Balaban J connectivity index is 1.46. The van der Waals surface area contributed by atoms with E-state index in [1.165, 1.54) is 81.8 Å². The number of nitrogens with zero attached hydrogens (tertiary/aromatic N) is 2. The van der Waals surface area contributed by atoms with E-state index in [9.17, 15) is 0 Å². The van der Waals surface area contributed by atoms with Crippen LogP contribution in [0.25, 0.3) is 11.4 Å². The molecule has 1 aromatic heterocycles. The van der Waals surface area contributed by atoms with Crippen LogP contribution in [-0.2, 0) is 12.8 Å². The van der Waals surface area contributed by atoms with Crippen molar-refractivity contribution >= 4 is 0 Å². The molecule has 152 valence electrons. The molecule has 1 saturated carbocycles. The van der Waals surface area contributed by atoms with Crippen molar-refractivity contribution in [3.8, 4) is 11.4 Å². The van der Waals surface area contributed by atoms with Gasteiger partial charge in [0.25, 0.3) is 0 Å². The van der Waals surface area contributed by atoms with E-state index in [1.54, 1.807) is 0 Å². The summed E-state index contributed by atoms with van der Waals surface area (Å²) in [5.74, 6) is 2.80. The van der Waals surface area contributed by atoms with E-state index in [2.05, 4.69) is 48.1 Å². The number of aromatic nitrogens is 2. The molecule has 0 spiro atoms. The zero-order chi connectivity index (χ0) is 19.6. The summed E-state index contributed by atoms with van der Waals surface area (Å²) in [5, 5.41) is 0. The van der Waals surface area contributed by atoms with E-state index >= 15 is 0 Å². The minimum absolute atomic E-state index is 0.847. The summed E-state index contributed by atoms with van der Waals surface area (Å²) < 4.78 is 0. The molecule has 1 heterocycles. The van der Waals surface area contributed by atoms with Gasteiger partial charge < -0.3 is 0 Å². The van der Waals surface area contributed by atoms with E-state index < -0.39 is 0 Å². The molecule has 0 unspecified atom stereocenters. The molecule has 2 aromatic rings. The Morgan fingerprint density at radius 2 is 1.36 bits per heavy atom. The lowest BCUT2D eigenvalue weighted by Crippen LogP contribution is -2.15. The third kappa shape index (κ3) is 6.43. The average Bonchev–Trinajstić information content (AvgIpc) is 2.75. The molecule has 3 rings (SSSR count). The molecule has 0 N–H and O–H groups in total. The first-order valence-electron chi connectivity index (χ1n) is 11.7. The summed E-state index contributed by atoms with van der Waals surface area (Å²) in [4.78, 5) is 9.18. The Morgan fingerprint density at radius 3 is 1.96 bits per heavy atom. The molecule has 1 aliphatic rings. The van der Waals surface area contributed by atoms with Crippen LogP contribution in [0.5, 0.6) is 0 Å². The Kier molecular flexibility index (Phi) is 8.51. The summed E-state index contributed by atoms with van der Waals surface area (Å²) in [6.07, 6.45) is 20.0. The second kappa shape index (κ2) is 11.3. The highest BCUT2D eigenvalue weighted by Gasteiger charge is 2.20. The standard InChI is InChI=1S/C26H38N2/c1-3-5-6-8-24-19-27-26(28-20-24)25-17-15-23(16-18-25)14-13-22-11-9-21(7-4-2)10-12-22/h15-22H,3-14H2,1-2H3/t21-,22-. The molecule has 0 amide bonds. The minimum Gasteiger partial charge on any atom is -0.236 e. The smallest absolute Gasteiger partial charge is 0.159 e. The quantitative estimate of drug-likeness (QED) is 0.402. The summed E-state index contributed by atoms with van der Waals surface area (Å²) in [6, 6.07) is 8.94. The first-order chi connectivity index (χ1) is 13.8. The fourth-order valence-electron chi connectivity index (χ4n) is 4.62. The zero-order valence-corrected chi connectivity index (χ0v) is 18.0. The first-order valence-corrected chi connectivity index (χ1v) is 11.7. The summed E-state index contributed by atoms with van der Waals surface area (Å²) >= 11 is 0. The van der Waals surface area contributed by atoms with Gasteiger partial charge in [-0.3, -0.25) is 0 Å². The number of rotatable bonds is 10. The monoisotopic (exact) mass is 378 g/mol. The maximum Gasteiger partial charge on any atom is 0.159 e. The molecule has 0 atom stereocenters. The normalized spacial score (nSPS) is 19.6. The van der Waals surface area contributed by atoms with E-state index in [0.29, 0.717) is 0 Å². The molecule has 1 aliphatic carbocycles. The van der Waals surface area contributed by atoms with Gasteiger partial charge >= 0.3 is 0 Å². The second-order valence-electron chi connectivity index (χ2n) is 8.78. The average molecular weight is 379 g/mol. The van der Waals surface area contributed by atoms with Crippen LogP contribution in [0.1, 0.15) is 89.2 Å². The van der Waals surface area contributed by atoms with Crippen molar-refractivity contribution in [3.05, 3.63) is 47.8 Å². The fourth-order valence-corrected chi connectivity index (χ4v) is 4.62. The Bertz CT molecular complexity index is 667. The molecule has 0 aliphatic heterocycles. The van der Waals surface area contributed by atoms with Gasteiger partial charge in [0.05, 0.1) is 0 Å². The third-order valence-corrected chi connectivity index (χ3v) is 6.49. The van der Waals surface area contributed by atoms with Crippen LogP contribution >= 0.6 is 0 Å². The van der Waals surface area contributed by atoms with Crippen LogP contribution in [-0.4, -0.2) is 9.97 Å². The third-order valence-electron chi connectivity index (χ3n) is 6.49. The molecule has 1 fully saturated rings. The van der Waals surface area contributed by atoms with E-state index in [4.69, 9.17) is 0 Å². The van der Waals surface area contributed by atoms with Gasteiger partial charge in [-0.25, -0.2) is 9.97 Å². The van der Waals surface area contributed by atoms with Crippen molar-refractivity contribution in [3.63, 3.8) is 0 Å². The summed E-state index contributed by atoms with van der Waals surface area (Å²) in [6.45, 7) is 4.56. The van der Waals surface area contributed by atoms with Gasteiger partial charge in [0.1, 0.15) is 0 Å². The van der Waals surface area contributed by atoms with Crippen molar-refractivity contribution in [2.75, 3.05) is 0 Å². The number of benzene rings is 1.